The first-order chi connectivity index (χ1) is 13.3. The highest BCUT2D eigenvalue weighted by Gasteiger charge is 2.30. The minimum absolute atomic E-state index is 0.184. The van der Waals surface area contributed by atoms with Crippen molar-refractivity contribution in [3.8, 4) is 5.75 Å². The lowest BCUT2D eigenvalue weighted by Gasteiger charge is -2.37. The lowest BCUT2D eigenvalue weighted by molar-refractivity contribution is 0.171. The predicted octanol–water partition coefficient (Wildman–Crippen LogP) is 7.47. The molecule has 0 bridgehead atoms. The van der Waals surface area contributed by atoms with Crippen molar-refractivity contribution in [1.29, 1.82) is 0 Å². The molecule has 27 heavy (non-hydrogen) atoms. The summed E-state index contributed by atoms with van der Waals surface area (Å²) < 4.78 is 17.7. The van der Waals surface area contributed by atoms with E-state index < -0.39 is 0 Å². The maximum Gasteiger partial charge on any atom is 0.119 e. The van der Waals surface area contributed by atoms with Gasteiger partial charge in [0.15, 0.2) is 0 Å². The van der Waals surface area contributed by atoms with Crippen LogP contribution < -0.4 is 4.74 Å². The van der Waals surface area contributed by atoms with E-state index in [1.54, 1.807) is 0 Å². The summed E-state index contributed by atoms with van der Waals surface area (Å²) in [4.78, 5) is 0. The molecule has 0 atom stereocenters. The SMILES string of the molecule is CCOc1ccc(C2CCC(C3CCC(C=CCCCF)CC3)CC2)cc1. The Bertz CT molecular complexity index is 548. The Labute approximate surface area is 165 Å². The molecule has 2 fully saturated rings. The van der Waals surface area contributed by atoms with Crippen molar-refractivity contribution in [2.45, 2.75) is 77.0 Å². The monoisotopic (exact) mass is 372 g/mol. The Balaban J connectivity index is 1.40. The molecule has 0 unspecified atom stereocenters. The fourth-order valence-electron chi connectivity index (χ4n) is 5.22. The van der Waals surface area contributed by atoms with Gasteiger partial charge in [-0.3, -0.25) is 4.39 Å². The van der Waals surface area contributed by atoms with E-state index in [-0.39, 0.29) is 6.67 Å². The summed E-state index contributed by atoms with van der Waals surface area (Å²) >= 11 is 0. The van der Waals surface area contributed by atoms with Crippen LogP contribution in [0.15, 0.2) is 36.4 Å². The van der Waals surface area contributed by atoms with Crippen LogP contribution in [-0.4, -0.2) is 13.3 Å². The van der Waals surface area contributed by atoms with E-state index in [1.165, 1.54) is 56.9 Å². The molecular formula is C25H37FO. The van der Waals surface area contributed by atoms with Crippen LogP contribution >= 0.6 is 0 Å². The lowest BCUT2D eigenvalue weighted by atomic mass is 9.68. The third-order valence-corrected chi connectivity index (χ3v) is 6.83. The van der Waals surface area contributed by atoms with Crippen LogP contribution in [0.5, 0.6) is 5.75 Å². The first kappa shape index (κ1) is 20.4. The van der Waals surface area contributed by atoms with Gasteiger partial charge in [-0.2, -0.15) is 0 Å². The highest BCUT2D eigenvalue weighted by Crippen LogP contribution is 2.44. The van der Waals surface area contributed by atoms with Crippen molar-refractivity contribution in [1.82, 2.24) is 0 Å². The zero-order chi connectivity index (χ0) is 18.9. The summed E-state index contributed by atoms with van der Waals surface area (Å²) in [6.07, 6.45) is 17.2. The van der Waals surface area contributed by atoms with E-state index >= 15 is 0 Å². The van der Waals surface area contributed by atoms with Gasteiger partial charge in [-0.1, -0.05) is 24.3 Å². The largest absolute Gasteiger partial charge is 0.494 e. The van der Waals surface area contributed by atoms with E-state index in [0.29, 0.717) is 6.42 Å². The standard InChI is InChI=1S/C25H37FO/c1-2-27-25-17-15-24(16-18-25)23-13-11-22(12-14-23)21-9-7-20(8-10-21)6-4-3-5-19-26/h4,6,15-18,20-23H,2-3,5,7-14,19H2,1H3. The number of allylic oxidation sites excluding steroid dienone is 2. The van der Waals surface area contributed by atoms with Crippen LogP contribution in [0.25, 0.3) is 0 Å². The Hall–Kier alpha value is -1.31. The number of rotatable bonds is 8. The molecule has 2 saturated carbocycles. The van der Waals surface area contributed by atoms with Gasteiger partial charge in [0.2, 0.25) is 0 Å². The molecule has 150 valence electrons. The second kappa shape index (κ2) is 10.9. The zero-order valence-corrected chi connectivity index (χ0v) is 17.0. The van der Waals surface area contributed by atoms with Crippen LogP contribution in [0.2, 0.25) is 0 Å². The minimum atomic E-state index is -0.184. The predicted molar refractivity (Wildman–Crippen MR) is 112 cm³/mol. The highest BCUT2D eigenvalue weighted by atomic mass is 19.1. The van der Waals surface area contributed by atoms with Gasteiger partial charge in [0, 0.05) is 0 Å². The Kier molecular flexibility index (Phi) is 8.23. The maximum atomic E-state index is 12.2. The molecule has 1 nitrogen and oxygen atoms in total. The van der Waals surface area contributed by atoms with Crippen LogP contribution in [0.4, 0.5) is 4.39 Å². The molecule has 3 rings (SSSR count). The molecule has 1 aromatic rings. The van der Waals surface area contributed by atoms with Crippen LogP contribution in [0, 0.1) is 17.8 Å². The summed E-state index contributed by atoms with van der Waals surface area (Å²) in [5.41, 5.74) is 1.50. The van der Waals surface area contributed by atoms with Crippen molar-refractivity contribution in [2.24, 2.45) is 17.8 Å². The second-order valence-electron chi connectivity index (χ2n) is 8.55. The van der Waals surface area contributed by atoms with Crippen molar-refractivity contribution < 1.29 is 9.13 Å². The second-order valence-corrected chi connectivity index (χ2v) is 8.55. The first-order valence-corrected chi connectivity index (χ1v) is 11.3. The average Bonchev–Trinajstić information content (AvgIpc) is 2.73. The molecule has 0 radical (unpaired) electrons. The zero-order valence-electron chi connectivity index (χ0n) is 17.0. The number of halogens is 1. The quantitative estimate of drug-likeness (QED) is 0.340. The van der Waals surface area contributed by atoms with E-state index in [0.717, 1.165) is 42.4 Å². The van der Waals surface area contributed by atoms with Gasteiger partial charge >= 0.3 is 0 Å². The lowest BCUT2D eigenvalue weighted by Crippen LogP contribution is -2.25. The number of benzene rings is 1. The fraction of sp³-hybridized carbons (Fsp3) is 0.680. The molecule has 2 aliphatic carbocycles. The highest BCUT2D eigenvalue weighted by molar-refractivity contribution is 5.29. The number of ether oxygens (including phenoxy) is 1. The van der Waals surface area contributed by atoms with Gasteiger partial charge in [0.25, 0.3) is 0 Å². The summed E-state index contributed by atoms with van der Waals surface area (Å²) in [5.74, 6) is 4.38. The molecule has 0 aromatic heterocycles. The van der Waals surface area contributed by atoms with Crippen molar-refractivity contribution >= 4 is 0 Å². The molecule has 0 spiro atoms. The molecule has 2 aliphatic rings. The number of hydrogen-bond donors (Lipinski definition) is 0. The smallest absolute Gasteiger partial charge is 0.119 e. The molecule has 2 heteroatoms. The first-order valence-electron chi connectivity index (χ1n) is 11.3. The minimum Gasteiger partial charge on any atom is -0.494 e. The summed E-state index contributed by atoms with van der Waals surface area (Å²) in [7, 11) is 0. The molecule has 0 N–H and O–H groups in total. The van der Waals surface area contributed by atoms with E-state index in [2.05, 4.69) is 36.4 Å². The van der Waals surface area contributed by atoms with E-state index in [9.17, 15) is 4.39 Å². The van der Waals surface area contributed by atoms with Crippen molar-refractivity contribution in [2.75, 3.05) is 13.3 Å². The molecule has 0 amide bonds. The van der Waals surface area contributed by atoms with Crippen LogP contribution in [0.1, 0.15) is 82.6 Å². The molecule has 0 heterocycles. The molecular weight excluding hydrogens is 335 g/mol. The summed E-state index contributed by atoms with van der Waals surface area (Å²) in [5, 5.41) is 0. The Morgan fingerprint density at radius 3 is 2.15 bits per heavy atom. The van der Waals surface area contributed by atoms with E-state index in [1.807, 2.05) is 6.92 Å². The van der Waals surface area contributed by atoms with Crippen molar-refractivity contribution in [3.63, 3.8) is 0 Å². The summed E-state index contributed by atoms with van der Waals surface area (Å²) in [6.45, 7) is 2.59. The number of hydrogen-bond acceptors (Lipinski definition) is 1. The topological polar surface area (TPSA) is 9.23 Å². The van der Waals surface area contributed by atoms with Crippen LogP contribution in [-0.2, 0) is 0 Å². The van der Waals surface area contributed by atoms with Gasteiger partial charge in [-0.15, -0.1) is 0 Å². The third-order valence-electron chi connectivity index (χ3n) is 6.83. The van der Waals surface area contributed by atoms with Gasteiger partial charge in [0.1, 0.15) is 5.75 Å². The number of alkyl halides is 1. The van der Waals surface area contributed by atoms with Gasteiger partial charge in [0.05, 0.1) is 13.3 Å². The van der Waals surface area contributed by atoms with Gasteiger partial charge in [-0.05, 0) is 112 Å². The molecule has 1 aromatic carbocycles. The van der Waals surface area contributed by atoms with Gasteiger partial charge < -0.3 is 4.74 Å². The normalized spacial score (nSPS) is 29.1. The molecule has 0 saturated heterocycles. The Morgan fingerprint density at radius 1 is 0.926 bits per heavy atom. The van der Waals surface area contributed by atoms with Gasteiger partial charge in [-0.25, -0.2) is 0 Å². The molecule has 0 aliphatic heterocycles. The van der Waals surface area contributed by atoms with Crippen molar-refractivity contribution in [3.05, 3.63) is 42.0 Å². The average molecular weight is 373 g/mol. The summed E-state index contributed by atoms with van der Waals surface area (Å²) in [6, 6.07) is 8.81. The Morgan fingerprint density at radius 2 is 1.56 bits per heavy atom. The number of unbranched alkanes of at least 4 members (excludes halogenated alkanes) is 1. The fourth-order valence-corrected chi connectivity index (χ4v) is 5.22. The third kappa shape index (κ3) is 6.09. The van der Waals surface area contributed by atoms with Crippen LogP contribution in [0.3, 0.4) is 0 Å². The van der Waals surface area contributed by atoms with E-state index in [4.69, 9.17) is 4.74 Å². The maximum absolute atomic E-state index is 12.2.